The molecule has 18 heavy (non-hydrogen) atoms. The van der Waals surface area contributed by atoms with E-state index in [1.165, 1.54) is 0 Å². The molecular formula is C14H20N2O2. The van der Waals surface area contributed by atoms with Gasteiger partial charge in [0.15, 0.2) is 0 Å². The zero-order valence-electron chi connectivity index (χ0n) is 10.8. The predicted molar refractivity (Wildman–Crippen MR) is 73.2 cm³/mol. The van der Waals surface area contributed by atoms with Crippen molar-refractivity contribution in [3.05, 3.63) is 42.5 Å². The van der Waals surface area contributed by atoms with Crippen LogP contribution < -0.4 is 5.73 Å². The Balaban J connectivity index is 2.66. The van der Waals surface area contributed by atoms with Crippen LogP contribution in [0.5, 0.6) is 0 Å². The molecule has 0 aliphatic rings. The number of nitrogens with two attached hydrogens (primary N) is 1. The summed E-state index contributed by atoms with van der Waals surface area (Å²) in [7, 11) is 1.62. The number of carbonyl (C=O) groups excluding carboxylic acids is 1. The number of methoxy groups -OCH3 is 1. The Hall–Kier alpha value is -1.81. The smallest absolute Gasteiger partial charge is 0.227 e. The maximum absolute atomic E-state index is 12.1. The second-order valence-corrected chi connectivity index (χ2v) is 4.00. The monoisotopic (exact) mass is 248 g/mol. The first-order valence-electron chi connectivity index (χ1n) is 5.90. The Labute approximate surface area is 108 Å². The average Bonchev–Trinajstić information content (AvgIpc) is 2.37. The SMILES string of the molecule is C=CCN(CCOC)C(=O)Cc1ccccc1N. The molecule has 0 aliphatic carbocycles. The summed E-state index contributed by atoms with van der Waals surface area (Å²) in [6, 6.07) is 7.41. The van der Waals surface area contributed by atoms with Gasteiger partial charge < -0.3 is 15.4 Å². The number of para-hydroxylation sites is 1. The summed E-state index contributed by atoms with van der Waals surface area (Å²) >= 11 is 0. The molecule has 0 spiro atoms. The largest absolute Gasteiger partial charge is 0.398 e. The normalized spacial score (nSPS) is 10.1. The van der Waals surface area contributed by atoms with E-state index in [1.807, 2.05) is 18.2 Å². The molecule has 0 saturated carbocycles. The molecule has 0 aromatic heterocycles. The van der Waals surface area contributed by atoms with Crippen molar-refractivity contribution in [3.63, 3.8) is 0 Å². The lowest BCUT2D eigenvalue weighted by atomic mass is 10.1. The Morgan fingerprint density at radius 3 is 2.83 bits per heavy atom. The minimum absolute atomic E-state index is 0.0323. The summed E-state index contributed by atoms with van der Waals surface area (Å²) in [4.78, 5) is 13.8. The van der Waals surface area contributed by atoms with Crippen LogP contribution >= 0.6 is 0 Å². The van der Waals surface area contributed by atoms with Crippen LogP contribution in [-0.4, -0.2) is 37.6 Å². The van der Waals surface area contributed by atoms with Gasteiger partial charge >= 0.3 is 0 Å². The second kappa shape index (κ2) is 7.50. The molecule has 1 rings (SSSR count). The molecule has 0 atom stereocenters. The Bertz CT molecular complexity index is 405. The maximum Gasteiger partial charge on any atom is 0.227 e. The van der Waals surface area contributed by atoms with Crippen LogP contribution in [0.4, 0.5) is 5.69 Å². The van der Waals surface area contributed by atoms with Gasteiger partial charge in [0.1, 0.15) is 0 Å². The number of hydrogen-bond donors (Lipinski definition) is 1. The number of ether oxygens (including phenoxy) is 1. The van der Waals surface area contributed by atoms with Gasteiger partial charge in [0.2, 0.25) is 5.91 Å². The van der Waals surface area contributed by atoms with Gasteiger partial charge in [-0.1, -0.05) is 24.3 Å². The lowest BCUT2D eigenvalue weighted by Crippen LogP contribution is -2.35. The standard InChI is InChI=1S/C14H20N2O2/c1-3-8-16(9-10-18-2)14(17)11-12-6-4-5-7-13(12)15/h3-7H,1,8-11,15H2,2H3. The van der Waals surface area contributed by atoms with E-state index in [4.69, 9.17) is 10.5 Å². The van der Waals surface area contributed by atoms with E-state index < -0.39 is 0 Å². The van der Waals surface area contributed by atoms with E-state index >= 15 is 0 Å². The van der Waals surface area contributed by atoms with Crippen LogP contribution in [0.1, 0.15) is 5.56 Å². The number of hydrogen-bond acceptors (Lipinski definition) is 3. The van der Waals surface area contributed by atoms with Crippen LogP contribution in [0, 0.1) is 0 Å². The van der Waals surface area contributed by atoms with Crippen molar-refractivity contribution in [3.8, 4) is 0 Å². The fourth-order valence-corrected chi connectivity index (χ4v) is 1.65. The molecule has 1 amide bonds. The van der Waals surface area contributed by atoms with Gasteiger partial charge in [-0.2, -0.15) is 0 Å². The van der Waals surface area contributed by atoms with Crippen LogP contribution in [0.2, 0.25) is 0 Å². The molecule has 98 valence electrons. The van der Waals surface area contributed by atoms with Gasteiger partial charge in [-0.15, -0.1) is 6.58 Å². The van der Waals surface area contributed by atoms with Gasteiger partial charge in [0.25, 0.3) is 0 Å². The van der Waals surface area contributed by atoms with Gasteiger partial charge in [-0.25, -0.2) is 0 Å². The first kappa shape index (κ1) is 14.3. The number of nitrogen functional groups attached to an aromatic ring is 1. The first-order chi connectivity index (χ1) is 8.69. The lowest BCUT2D eigenvalue weighted by Gasteiger charge is -2.21. The van der Waals surface area contributed by atoms with Crippen molar-refractivity contribution < 1.29 is 9.53 Å². The quantitative estimate of drug-likeness (QED) is 0.587. The van der Waals surface area contributed by atoms with Crippen LogP contribution in [0.25, 0.3) is 0 Å². The molecule has 0 heterocycles. The Kier molecular flexibility index (Phi) is 5.94. The van der Waals surface area contributed by atoms with Crippen molar-refractivity contribution in [2.24, 2.45) is 0 Å². The second-order valence-electron chi connectivity index (χ2n) is 4.00. The van der Waals surface area contributed by atoms with E-state index in [9.17, 15) is 4.79 Å². The van der Waals surface area contributed by atoms with E-state index in [0.717, 1.165) is 5.56 Å². The van der Waals surface area contributed by atoms with Crippen LogP contribution in [0.15, 0.2) is 36.9 Å². The molecule has 4 heteroatoms. The third-order valence-corrected chi connectivity index (χ3v) is 2.66. The third kappa shape index (κ3) is 4.22. The molecule has 1 aromatic rings. The number of nitrogens with zero attached hydrogens (tertiary/aromatic N) is 1. The first-order valence-corrected chi connectivity index (χ1v) is 5.90. The molecule has 4 nitrogen and oxygen atoms in total. The fourth-order valence-electron chi connectivity index (χ4n) is 1.65. The highest BCUT2D eigenvalue weighted by molar-refractivity contribution is 5.80. The van der Waals surface area contributed by atoms with Crippen molar-refractivity contribution >= 4 is 11.6 Å². The molecule has 1 aromatic carbocycles. The van der Waals surface area contributed by atoms with E-state index in [-0.39, 0.29) is 5.91 Å². The maximum atomic E-state index is 12.1. The number of anilines is 1. The average molecular weight is 248 g/mol. The highest BCUT2D eigenvalue weighted by atomic mass is 16.5. The van der Waals surface area contributed by atoms with Crippen molar-refractivity contribution in [2.75, 3.05) is 32.5 Å². The van der Waals surface area contributed by atoms with Crippen molar-refractivity contribution in [2.45, 2.75) is 6.42 Å². The molecule has 0 aliphatic heterocycles. The summed E-state index contributed by atoms with van der Waals surface area (Å²) in [6.45, 7) is 5.26. The van der Waals surface area contributed by atoms with Gasteiger partial charge in [-0.05, 0) is 11.6 Å². The zero-order chi connectivity index (χ0) is 13.4. The third-order valence-electron chi connectivity index (χ3n) is 2.66. The molecule has 0 saturated heterocycles. The number of amides is 1. The van der Waals surface area contributed by atoms with Crippen molar-refractivity contribution in [1.29, 1.82) is 0 Å². The fraction of sp³-hybridized carbons (Fsp3) is 0.357. The van der Waals surface area contributed by atoms with E-state index in [0.29, 0.717) is 31.8 Å². The van der Waals surface area contributed by atoms with E-state index in [1.54, 1.807) is 24.2 Å². The summed E-state index contributed by atoms with van der Waals surface area (Å²) < 4.78 is 4.99. The minimum Gasteiger partial charge on any atom is -0.398 e. The summed E-state index contributed by atoms with van der Waals surface area (Å²) in [5.74, 6) is 0.0323. The lowest BCUT2D eigenvalue weighted by molar-refractivity contribution is -0.130. The summed E-state index contributed by atoms with van der Waals surface area (Å²) in [6.07, 6.45) is 2.02. The highest BCUT2D eigenvalue weighted by Gasteiger charge is 2.13. The molecule has 0 unspecified atom stereocenters. The Morgan fingerprint density at radius 1 is 1.50 bits per heavy atom. The molecule has 0 fully saturated rings. The van der Waals surface area contributed by atoms with Gasteiger partial charge in [-0.3, -0.25) is 4.79 Å². The van der Waals surface area contributed by atoms with Crippen molar-refractivity contribution in [1.82, 2.24) is 4.90 Å². The van der Waals surface area contributed by atoms with Crippen LogP contribution in [0.3, 0.4) is 0 Å². The number of benzene rings is 1. The number of carbonyl (C=O) groups is 1. The molecular weight excluding hydrogens is 228 g/mol. The van der Waals surface area contributed by atoms with E-state index in [2.05, 4.69) is 6.58 Å². The molecule has 0 radical (unpaired) electrons. The summed E-state index contributed by atoms with van der Waals surface area (Å²) in [5, 5.41) is 0. The molecule has 0 bridgehead atoms. The Morgan fingerprint density at radius 2 is 2.22 bits per heavy atom. The van der Waals surface area contributed by atoms with Gasteiger partial charge in [0.05, 0.1) is 13.0 Å². The minimum atomic E-state index is 0.0323. The molecule has 2 N–H and O–H groups in total. The highest BCUT2D eigenvalue weighted by Crippen LogP contribution is 2.12. The summed E-state index contributed by atoms with van der Waals surface area (Å²) in [5.41, 5.74) is 7.33. The predicted octanol–water partition coefficient (Wildman–Crippen LogP) is 1.47. The topological polar surface area (TPSA) is 55.6 Å². The van der Waals surface area contributed by atoms with Gasteiger partial charge in [0, 0.05) is 25.9 Å². The van der Waals surface area contributed by atoms with Crippen LogP contribution in [-0.2, 0) is 16.0 Å². The number of rotatable bonds is 7. The zero-order valence-corrected chi connectivity index (χ0v) is 10.8.